The van der Waals surface area contributed by atoms with E-state index in [-0.39, 0.29) is 24.9 Å². The van der Waals surface area contributed by atoms with Crippen molar-refractivity contribution in [1.82, 2.24) is 5.32 Å². The molecule has 5 nitrogen and oxygen atoms in total. The van der Waals surface area contributed by atoms with Crippen LogP contribution in [0.25, 0.3) is 0 Å². The molecule has 5 heteroatoms. The Hall–Kier alpha value is -0.940. The Morgan fingerprint density at radius 3 is 2.47 bits per heavy atom. The summed E-state index contributed by atoms with van der Waals surface area (Å²) >= 11 is 0. The van der Waals surface area contributed by atoms with E-state index in [9.17, 15) is 9.59 Å². The second-order valence-corrected chi connectivity index (χ2v) is 3.16. The number of ether oxygens (including phenoxy) is 2. The molecule has 88 valence electrons. The number of rotatable bonds is 9. The van der Waals surface area contributed by atoms with Crippen molar-refractivity contribution in [2.45, 2.75) is 20.3 Å². The number of Topliss-reactive ketones (excluding diaryl/α,β-unsaturated/α-hetero) is 1. The quantitative estimate of drug-likeness (QED) is 0.558. The van der Waals surface area contributed by atoms with Gasteiger partial charge in [0.2, 0.25) is 5.91 Å². The van der Waals surface area contributed by atoms with Crippen LogP contribution in [-0.2, 0) is 19.1 Å². The molecule has 0 aromatic carbocycles. The third-order valence-corrected chi connectivity index (χ3v) is 1.46. The molecule has 15 heavy (non-hydrogen) atoms. The SMILES string of the molecule is CCCOCCNC(=O)COCC(C)=O. The van der Waals surface area contributed by atoms with E-state index in [1.807, 2.05) is 6.92 Å². The Labute approximate surface area is 90.1 Å². The fourth-order valence-electron chi connectivity index (χ4n) is 0.848. The lowest BCUT2D eigenvalue weighted by Crippen LogP contribution is -2.31. The molecule has 0 heterocycles. The molecule has 0 fully saturated rings. The van der Waals surface area contributed by atoms with Gasteiger partial charge in [-0.3, -0.25) is 9.59 Å². The van der Waals surface area contributed by atoms with Crippen LogP contribution in [0.5, 0.6) is 0 Å². The highest BCUT2D eigenvalue weighted by molar-refractivity contribution is 5.79. The van der Waals surface area contributed by atoms with Gasteiger partial charge in [-0.1, -0.05) is 6.92 Å². The number of ketones is 1. The number of carbonyl (C=O) groups is 2. The van der Waals surface area contributed by atoms with Crippen LogP contribution in [0.15, 0.2) is 0 Å². The van der Waals surface area contributed by atoms with E-state index < -0.39 is 0 Å². The van der Waals surface area contributed by atoms with Crippen molar-refractivity contribution in [2.75, 3.05) is 33.0 Å². The Balaban J connectivity index is 3.22. The van der Waals surface area contributed by atoms with Crippen LogP contribution < -0.4 is 5.32 Å². The summed E-state index contributed by atoms with van der Waals surface area (Å²) in [6, 6.07) is 0. The second kappa shape index (κ2) is 9.61. The summed E-state index contributed by atoms with van der Waals surface area (Å²) in [7, 11) is 0. The molecule has 0 spiro atoms. The Morgan fingerprint density at radius 1 is 1.13 bits per heavy atom. The van der Waals surface area contributed by atoms with E-state index in [1.54, 1.807) is 0 Å². The van der Waals surface area contributed by atoms with Crippen molar-refractivity contribution in [2.24, 2.45) is 0 Å². The first-order valence-corrected chi connectivity index (χ1v) is 5.08. The van der Waals surface area contributed by atoms with E-state index >= 15 is 0 Å². The Bertz CT molecular complexity index is 194. The number of hydrogen-bond donors (Lipinski definition) is 1. The van der Waals surface area contributed by atoms with Crippen molar-refractivity contribution >= 4 is 11.7 Å². The van der Waals surface area contributed by atoms with Gasteiger partial charge in [-0.05, 0) is 13.3 Å². The van der Waals surface area contributed by atoms with Crippen LogP contribution in [0.2, 0.25) is 0 Å². The summed E-state index contributed by atoms with van der Waals surface area (Å²) in [6.07, 6.45) is 0.968. The number of carbonyl (C=O) groups excluding carboxylic acids is 2. The van der Waals surface area contributed by atoms with Crippen molar-refractivity contribution in [3.8, 4) is 0 Å². The molecule has 0 aliphatic heterocycles. The van der Waals surface area contributed by atoms with E-state index in [4.69, 9.17) is 9.47 Å². The minimum atomic E-state index is -0.226. The van der Waals surface area contributed by atoms with Gasteiger partial charge in [-0.15, -0.1) is 0 Å². The van der Waals surface area contributed by atoms with E-state index in [0.717, 1.165) is 6.42 Å². The molecule has 0 aromatic heterocycles. The first-order valence-electron chi connectivity index (χ1n) is 5.08. The molecule has 0 bridgehead atoms. The van der Waals surface area contributed by atoms with Crippen molar-refractivity contribution in [1.29, 1.82) is 0 Å². The average Bonchev–Trinajstić information content (AvgIpc) is 2.17. The predicted octanol–water partition coefficient (Wildman–Crippen LogP) is 0.135. The molecule has 0 unspecified atom stereocenters. The molecule has 0 saturated carbocycles. The van der Waals surface area contributed by atoms with Gasteiger partial charge in [-0.25, -0.2) is 0 Å². The third-order valence-electron chi connectivity index (χ3n) is 1.46. The summed E-state index contributed by atoms with van der Waals surface area (Å²) in [5, 5.41) is 2.62. The van der Waals surface area contributed by atoms with E-state index in [2.05, 4.69) is 5.32 Å². The van der Waals surface area contributed by atoms with Gasteiger partial charge < -0.3 is 14.8 Å². The second-order valence-electron chi connectivity index (χ2n) is 3.16. The monoisotopic (exact) mass is 217 g/mol. The van der Waals surface area contributed by atoms with Gasteiger partial charge in [0.1, 0.15) is 13.2 Å². The van der Waals surface area contributed by atoms with Crippen molar-refractivity contribution in [3.63, 3.8) is 0 Å². The molecule has 0 aromatic rings. The topological polar surface area (TPSA) is 64.6 Å². The Kier molecular flexibility index (Phi) is 9.01. The standard InChI is InChI=1S/C10H19NO4/c1-3-5-14-6-4-11-10(13)8-15-7-9(2)12/h3-8H2,1-2H3,(H,11,13). The summed E-state index contributed by atoms with van der Waals surface area (Å²) in [4.78, 5) is 21.5. The third kappa shape index (κ3) is 11.0. The highest BCUT2D eigenvalue weighted by Crippen LogP contribution is 1.80. The molecule has 0 aliphatic carbocycles. The van der Waals surface area contributed by atoms with Crippen molar-refractivity contribution in [3.05, 3.63) is 0 Å². The largest absolute Gasteiger partial charge is 0.380 e. The van der Waals surface area contributed by atoms with Crippen LogP contribution in [0.3, 0.4) is 0 Å². The maximum atomic E-state index is 11.1. The van der Waals surface area contributed by atoms with Gasteiger partial charge >= 0.3 is 0 Å². The lowest BCUT2D eigenvalue weighted by molar-refractivity contribution is -0.129. The van der Waals surface area contributed by atoms with Gasteiger partial charge in [0.25, 0.3) is 0 Å². The minimum absolute atomic E-state index is 0.0141. The normalized spacial score (nSPS) is 10.0. The molecule has 0 radical (unpaired) electrons. The molecule has 0 rings (SSSR count). The minimum Gasteiger partial charge on any atom is -0.380 e. The van der Waals surface area contributed by atoms with Crippen LogP contribution in [-0.4, -0.2) is 44.7 Å². The average molecular weight is 217 g/mol. The summed E-state index contributed by atoms with van der Waals surface area (Å²) in [5.74, 6) is -0.314. The highest BCUT2D eigenvalue weighted by atomic mass is 16.5. The molecule has 0 saturated heterocycles. The zero-order chi connectivity index (χ0) is 11.5. The smallest absolute Gasteiger partial charge is 0.246 e. The zero-order valence-electron chi connectivity index (χ0n) is 9.38. The fraction of sp³-hybridized carbons (Fsp3) is 0.800. The zero-order valence-corrected chi connectivity index (χ0v) is 9.38. The van der Waals surface area contributed by atoms with Gasteiger partial charge in [0.15, 0.2) is 5.78 Å². The predicted molar refractivity (Wildman–Crippen MR) is 55.6 cm³/mol. The molecule has 0 aliphatic rings. The van der Waals surface area contributed by atoms with Gasteiger partial charge in [0, 0.05) is 13.2 Å². The Morgan fingerprint density at radius 2 is 1.87 bits per heavy atom. The summed E-state index contributed by atoms with van der Waals surface area (Å²) in [5.41, 5.74) is 0. The van der Waals surface area contributed by atoms with E-state index in [1.165, 1.54) is 6.92 Å². The molecular weight excluding hydrogens is 198 g/mol. The fourth-order valence-corrected chi connectivity index (χ4v) is 0.848. The summed E-state index contributed by atoms with van der Waals surface area (Å²) < 4.78 is 10.00. The molecule has 1 N–H and O–H groups in total. The van der Waals surface area contributed by atoms with Crippen molar-refractivity contribution < 1.29 is 19.1 Å². The maximum Gasteiger partial charge on any atom is 0.246 e. The lowest BCUT2D eigenvalue weighted by atomic mass is 10.5. The van der Waals surface area contributed by atoms with E-state index in [0.29, 0.717) is 19.8 Å². The van der Waals surface area contributed by atoms with Crippen LogP contribution in [0, 0.1) is 0 Å². The van der Waals surface area contributed by atoms with Crippen LogP contribution in [0.1, 0.15) is 20.3 Å². The highest BCUT2D eigenvalue weighted by Gasteiger charge is 2.01. The maximum absolute atomic E-state index is 11.1. The van der Waals surface area contributed by atoms with Gasteiger partial charge in [-0.2, -0.15) is 0 Å². The first-order chi connectivity index (χ1) is 7.16. The first kappa shape index (κ1) is 14.1. The number of nitrogens with one attached hydrogen (secondary N) is 1. The molecule has 1 amide bonds. The van der Waals surface area contributed by atoms with Crippen LogP contribution in [0.4, 0.5) is 0 Å². The van der Waals surface area contributed by atoms with Gasteiger partial charge in [0.05, 0.1) is 6.61 Å². The number of amides is 1. The summed E-state index contributed by atoms with van der Waals surface area (Å²) in [6.45, 7) is 5.03. The molecular formula is C10H19NO4. The van der Waals surface area contributed by atoms with Crippen LogP contribution >= 0.6 is 0 Å². The molecule has 0 atom stereocenters. The lowest BCUT2D eigenvalue weighted by Gasteiger charge is -2.05. The number of hydrogen-bond acceptors (Lipinski definition) is 4.